The van der Waals surface area contributed by atoms with Gasteiger partial charge in [-0.25, -0.2) is 8.42 Å². The van der Waals surface area contributed by atoms with E-state index in [9.17, 15) is 8.42 Å². The topological polar surface area (TPSA) is 51.5 Å². The molecule has 3 aromatic rings. The molecule has 0 bridgehead atoms. The van der Waals surface area contributed by atoms with Gasteiger partial charge >= 0.3 is 0 Å². The van der Waals surface area contributed by atoms with E-state index in [2.05, 4.69) is 4.57 Å². The molecule has 0 fully saturated rings. The van der Waals surface area contributed by atoms with Crippen LogP contribution in [0.1, 0.15) is 17.3 Å². The van der Waals surface area contributed by atoms with Gasteiger partial charge in [-0.15, -0.1) is 0 Å². The van der Waals surface area contributed by atoms with Crippen LogP contribution >= 0.6 is 0 Å². The van der Waals surface area contributed by atoms with Gasteiger partial charge in [0.1, 0.15) is 5.75 Å². The number of methoxy groups -OCH3 is 1. The Bertz CT molecular complexity index is 995. The first kappa shape index (κ1) is 16.9. The van der Waals surface area contributed by atoms with Crippen LogP contribution in [-0.2, 0) is 16.6 Å². The van der Waals surface area contributed by atoms with Gasteiger partial charge in [0.2, 0.25) is 10.0 Å². The number of nitrogens with zero attached hydrogens (tertiary/aromatic N) is 2. The van der Waals surface area contributed by atoms with Crippen LogP contribution in [0.4, 0.5) is 0 Å². The lowest BCUT2D eigenvalue weighted by Gasteiger charge is -2.36. The molecule has 26 heavy (non-hydrogen) atoms. The number of rotatable bonds is 4. The minimum atomic E-state index is -3.61. The van der Waals surface area contributed by atoms with E-state index in [4.69, 9.17) is 4.74 Å². The molecule has 1 aromatic heterocycles. The third-order valence-electron chi connectivity index (χ3n) is 4.78. The van der Waals surface area contributed by atoms with Gasteiger partial charge in [-0.3, -0.25) is 0 Å². The standard InChI is InChI=1S/C20H20N2O3S/c1-25-17-11-9-16(10-12-17)20-19-8-5-13-21(19)14-15-22(20)26(23,24)18-6-3-2-4-7-18/h2-13,20H,14-15H2,1H3. The Labute approximate surface area is 153 Å². The van der Waals surface area contributed by atoms with Crippen molar-refractivity contribution in [3.05, 3.63) is 84.2 Å². The highest BCUT2D eigenvalue weighted by atomic mass is 32.2. The van der Waals surface area contributed by atoms with Crippen molar-refractivity contribution in [2.24, 2.45) is 0 Å². The van der Waals surface area contributed by atoms with E-state index in [1.165, 1.54) is 0 Å². The zero-order valence-electron chi connectivity index (χ0n) is 14.4. The fraction of sp³-hybridized carbons (Fsp3) is 0.200. The van der Waals surface area contributed by atoms with E-state index in [1.54, 1.807) is 35.7 Å². The molecule has 1 atom stereocenters. The molecule has 0 saturated heterocycles. The van der Waals surface area contributed by atoms with Crippen molar-refractivity contribution < 1.29 is 13.2 Å². The molecule has 134 valence electrons. The molecule has 1 unspecified atom stereocenters. The van der Waals surface area contributed by atoms with Crippen molar-refractivity contribution >= 4 is 10.0 Å². The Hall–Kier alpha value is -2.57. The minimum Gasteiger partial charge on any atom is -0.497 e. The quantitative estimate of drug-likeness (QED) is 0.710. The summed E-state index contributed by atoms with van der Waals surface area (Å²) in [5.41, 5.74) is 1.89. The van der Waals surface area contributed by atoms with Crippen LogP contribution in [0.3, 0.4) is 0 Å². The highest BCUT2D eigenvalue weighted by molar-refractivity contribution is 7.89. The van der Waals surface area contributed by atoms with Gasteiger partial charge in [0.05, 0.1) is 18.0 Å². The predicted molar refractivity (Wildman–Crippen MR) is 99.6 cm³/mol. The lowest BCUT2D eigenvalue weighted by Crippen LogP contribution is -2.42. The van der Waals surface area contributed by atoms with Crippen LogP contribution in [0.25, 0.3) is 0 Å². The first-order chi connectivity index (χ1) is 12.6. The number of hydrogen-bond acceptors (Lipinski definition) is 3. The number of benzene rings is 2. The van der Waals surface area contributed by atoms with Gasteiger partial charge in [0, 0.05) is 25.0 Å². The molecule has 1 aliphatic rings. The summed E-state index contributed by atoms with van der Waals surface area (Å²) in [5, 5.41) is 0. The summed E-state index contributed by atoms with van der Waals surface area (Å²) in [7, 11) is -1.99. The van der Waals surface area contributed by atoms with Gasteiger partial charge in [-0.1, -0.05) is 30.3 Å². The van der Waals surface area contributed by atoms with E-state index in [-0.39, 0.29) is 6.04 Å². The molecule has 1 aliphatic heterocycles. The summed E-state index contributed by atoms with van der Waals surface area (Å²) < 4.78 is 35.6. The lowest BCUT2D eigenvalue weighted by atomic mass is 10.0. The lowest BCUT2D eigenvalue weighted by molar-refractivity contribution is 0.298. The Balaban J connectivity index is 1.83. The molecule has 0 saturated carbocycles. The number of hydrogen-bond donors (Lipinski definition) is 0. The molecule has 0 N–H and O–H groups in total. The van der Waals surface area contributed by atoms with Crippen molar-refractivity contribution in [2.75, 3.05) is 13.7 Å². The van der Waals surface area contributed by atoms with Crippen molar-refractivity contribution in [1.82, 2.24) is 8.87 Å². The average Bonchev–Trinajstić information content (AvgIpc) is 3.17. The largest absolute Gasteiger partial charge is 0.497 e. The van der Waals surface area contributed by atoms with E-state index in [1.807, 2.05) is 48.7 Å². The van der Waals surface area contributed by atoms with Crippen molar-refractivity contribution in [3.8, 4) is 5.75 Å². The molecule has 0 amide bonds. The molecular weight excluding hydrogens is 348 g/mol. The summed E-state index contributed by atoms with van der Waals surface area (Å²) in [5.74, 6) is 0.748. The first-order valence-corrected chi connectivity index (χ1v) is 9.91. The Kier molecular flexibility index (Phi) is 4.30. The number of fused-ring (bicyclic) bond motifs is 1. The second-order valence-electron chi connectivity index (χ2n) is 6.23. The molecule has 2 heterocycles. The Morgan fingerprint density at radius 2 is 1.65 bits per heavy atom. The van der Waals surface area contributed by atoms with Crippen LogP contribution < -0.4 is 4.74 Å². The third kappa shape index (κ3) is 2.81. The molecule has 0 radical (unpaired) electrons. The fourth-order valence-corrected chi connectivity index (χ4v) is 5.07. The Morgan fingerprint density at radius 3 is 2.35 bits per heavy atom. The molecule has 6 heteroatoms. The molecule has 0 aliphatic carbocycles. The summed E-state index contributed by atoms with van der Waals surface area (Å²) in [4.78, 5) is 0.318. The molecular formula is C20H20N2O3S. The van der Waals surface area contributed by atoms with Crippen LogP contribution in [-0.4, -0.2) is 30.9 Å². The number of aromatic nitrogens is 1. The maximum absolute atomic E-state index is 13.3. The second-order valence-corrected chi connectivity index (χ2v) is 8.12. The van der Waals surface area contributed by atoms with Crippen LogP contribution in [0.5, 0.6) is 5.75 Å². The monoisotopic (exact) mass is 368 g/mol. The molecule has 5 nitrogen and oxygen atoms in total. The smallest absolute Gasteiger partial charge is 0.244 e. The Morgan fingerprint density at radius 1 is 0.923 bits per heavy atom. The fourth-order valence-electron chi connectivity index (χ4n) is 3.47. The van der Waals surface area contributed by atoms with Gasteiger partial charge in [-0.05, 0) is 42.0 Å². The highest BCUT2D eigenvalue weighted by Crippen LogP contribution is 2.36. The van der Waals surface area contributed by atoms with E-state index < -0.39 is 10.0 Å². The van der Waals surface area contributed by atoms with Crippen molar-refractivity contribution in [1.29, 1.82) is 0 Å². The van der Waals surface area contributed by atoms with Crippen LogP contribution in [0, 0.1) is 0 Å². The molecule has 2 aromatic carbocycles. The number of ether oxygens (including phenoxy) is 1. The van der Waals surface area contributed by atoms with Crippen LogP contribution in [0.2, 0.25) is 0 Å². The zero-order chi connectivity index (χ0) is 18.1. The van der Waals surface area contributed by atoms with Crippen molar-refractivity contribution in [2.45, 2.75) is 17.5 Å². The SMILES string of the molecule is COc1ccc(C2c3cccn3CCN2S(=O)(=O)c2ccccc2)cc1. The summed E-state index contributed by atoms with van der Waals surface area (Å²) >= 11 is 0. The molecule has 0 spiro atoms. The van der Waals surface area contributed by atoms with E-state index in [0.29, 0.717) is 18.0 Å². The molecule has 4 rings (SSSR count). The zero-order valence-corrected chi connectivity index (χ0v) is 15.3. The minimum absolute atomic E-state index is 0.318. The van der Waals surface area contributed by atoms with E-state index in [0.717, 1.165) is 17.0 Å². The second kappa shape index (κ2) is 6.63. The first-order valence-electron chi connectivity index (χ1n) is 8.47. The summed E-state index contributed by atoms with van der Waals surface area (Å²) in [6.07, 6.45) is 2.00. The van der Waals surface area contributed by atoms with Gasteiger partial charge in [0.25, 0.3) is 0 Å². The van der Waals surface area contributed by atoms with Gasteiger partial charge < -0.3 is 9.30 Å². The van der Waals surface area contributed by atoms with E-state index >= 15 is 0 Å². The van der Waals surface area contributed by atoms with Gasteiger partial charge in [0.15, 0.2) is 0 Å². The summed E-state index contributed by atoms with van der Waals surface area (Å²) in [6, 6.07) is 19.8. The summed E-state index contributed by atoms with van der Waals surface area (Å²) in [6.45, 7) is 1.07. The normalized spacial score (nSPS) is 17.7. The highest BCUT2D eigenvalue weighted by Gasteiger charge is 2.37. The maximum Gasteiger partial charge on any atom is 0.244 e. The number of sulfonamides is 1. The predicted octanol–water partition coefficient (Wildman–Crippen LogP) is 3.29. The van der Waals surface area contributed by atoms with Gasteiger partial charge in [-0.2, -0.15) is 4.31 Å². The van der Waals surface area contributed by atoms with Crippen molar-refractivity contribution in [3.63, 3.8) is 0 Å². The maximum atomic E-state index is 13.3. The average molecular weight is 368 g/mol. The third-order valence-corrected chi connectivity index (χ3v) is 6.65. The van der Waals surface area contributed by atoms with Crippen LogP contribution in [0.15, 0.2) is 77.8 Å².